The number of hydrogen-bond donors (Lipinski definition) is 1. The van der Waals surface area contributed by atoms with E-state index in [-0.39, 0.29) is 17.7 Å². The van der Waals surface area contributed by atoms with Gasteiger partial charge in [0.1, 0.15) is 5.82 Å². The number of nitrogens with zero attached hydrogens (tertiary/aromatic N) is 2. The van der Waals surface area contributed by atoms with E-state index in [0.717, 1.165) is 23.6 Å². The lowest BCUT2D eigenvalue weighted by atomic mass is 9.89. The molecule has 0 saturated heterocycles. The topological polar surface area (TPSA) is 54.9 Å². The normalized spacial score (nSPS) is 20.3. The van der Waals surface area contributed by atoms with Crippen LogP contribution in [0.3, 0.4) is 0 Å². The molecule has 0 saturated carbocycles. The molecule has 0 aromatic carbocycles. The van der Waals surface area contributed by atoms with E-state index < -0.39 is 0 Å². The largest absolute Gasteiger partial charge is 0.323 e. The van der Waals surface area contributed by atoms with Crippen molar-refractivity contribution < 1.29 is 4.79 Å². The summed E-state index contributed by atoms with van der Waals surface area (Å²) in [4.78, 5) is 20.8. The van der Waals surface area contributed by atoms with Gasteiger partial charge in [0.2, 0.25) is 5.91 Å². The molecule has 1 amide bonds. The van der Waals surface area contributed by atoms with Crippen LogP contribution in [0, 0.1) is 5.92 Å². The van der Waals surface area contributed by atoms with Crippen molar-refractivity contribution in [2.24, 2.45) is 5.92 Å². The van der Waals surface area contributed by atoms with Gasteiger partial charge < -0.3 is 5.32 Å². The van der Waals surface area contributed by atoms with Crippen LogP contribution in [0.2, 0.25) is 0 Å². The van der Waals surface area contributed by atoms with Gasteiger partial charge in [0.05, 0.1) is 23.5 Å². The molecule has 1 aromatic rings. The van der Waals surface area contributed by atoms with Crippen LogP contribution >= 0.6 is 0 Å². The Hall–Kier alpha value is -1.45. The highest BCUT2D eigenvalue weighted by molar-refractivity contribution is 6.02. The Morgan fingerprint density at radius 1 is 1.41 bits per heavy atom. The average Bonchev–Trinajstić information content (AvgIpc) is 2.62. The lowest BCUT2D eigenvalue weighted by Gasteiger charge is -2.15. The second kappa shape index (κ2) is 4.43. The molecule has 2 atom stereocenters. The van der Waals surface area contributed by atoms with Gasteiger partial charge in [0.25, 0.3) is 0 Å². The van der Waals surface area contributed by atoms with Crippen LogP contribution in [0.1, 0.15) is 57.5 Å². The van der Waals surface area contributed by atoms with Crippen molar-refractivity contribution in [3.8, 4) is 0 Å². The van der Waals surface area contributed by atoms with E-state index in [9.17, 15) is 4.79 Å². The van der Waals surface area contributed by atoms with E-state index in [1.807, 2.05) is 0 Å². The fourth-order valence-electron chi connectivity index (χ4n) is 2.12. The standard InChI is InChI=1S/C13H19N3O/c1-5-8(4)10-11-9(15-13(10)17)6-14-12(16-11)7(2)3/h6-8,10H,5H2,1-4H3,(H,15,17). The van der Waals surface area contributed by atoms with Gasteiger partial charge in [0, 0.05) is 5.92 Å². The third kappa shape index (κ3) is 2.04. The quantitative estimate of drug-likeness (QED) is 0.873. The van der Waals surface area contributed by atoms with Crippen molar-refractivity contribution >= 4 is 11.6 Å². The Bertz CT molecular complexity index is 442. The summed E-state index contributed by atoms with van der Waals surface area (Å²) in [5, 5.41) is 2.86. The van der Waals surface area contributed by atoms with E-state index in [4.69, 9.17) is 0 Å². The highest BCUT2D eigenvalue weighted by atomic mass is 16.2. The highest BCUT2D eigenvalue weighted by Gasteiger charge is 2.36. The van der Waals surface area contributed by atoms with Crippen LogP contribution in [-0.4, -0.2) is 15.9 Å². The lowest BCUT2D eigenvalue weighted by Crippen LogP contribution is -2.19. The van der Waals surface area contributed by atoms with Crippen LogP contribution in [0.4, 0.5) is 5.69 Å². The van der Waals surface area contributed by atoms with Crippen molar-refractivity contribution in [1.29, 1.82) is 0 Å². The molecule has 0 aliphatic carbocycles. The molecule has 2 heterocycles. The molecule has 1 aromatic heterocycles. The minimum Gasteiger partial charge on any atom is -0.323 e. The minimum atomic E-state index is -0.115. The van der Waals surface area contributed by atoms with Gasteiger partial charge in [-0.15, -0.1) is 0 Å². The SMILES string of the molecule is CCC(C)C1C(=O)Nc2cnc(C(C)C)nc21. The Labute approximate surface area is 102 Å². The van der Waals surface area contributed by atoms with Crippen molar-refractivity contribution in [3.05, 3.63) is 17.7 Å². The minimum absolute atomic E-state index is 0.0598. The van der Waals surface area contributed by atoms with E-state index in [2.05, 4.69) is 43.0 Å². The summed E-state index contributed by atoms with van der Waals surface area (Å²) in [6.07, 6.45) is 2.70. The number of rotatable bonds is 3. The number of anilines is 1. The van der Waals surface area contributed by atoms with Gasteiger partial charge in [-0.2, -0.15) is 0 Å². The Morgan fingerprint density at radius 2 is 2.12 bits per heavy atom. The van der Waals surface area contributed by atoms with Crippen LogP contribution in [0.25, 0.3) is 0 Å². The molecule has 92 valence electrons. The zero-order chi connectivity index (χ0) is 12.6. The smallest absolute Gasteiger partial charge is 0.233 e. The molecule has 0 fully saturated rings. The first-order chi connectivity index (χ1) is 8.04. The third-order valence-corrected chi connectivity index (χ3v) is 3.40. The van der Waals surface area contributed by atoms with Crippen molar-refractivity contribution in [2.75, 3.05) is 5.32 Å². The first-order valence-electron chi connectivity index (χ1n) is 6.22. The van der Waals surface area contributed by atoms with Crippen LogP contribution < -0.4 is 5.32 Å². The zero-order valence-electron chi connectivity index (χ0n) is 10.8. The van der Waals surface area contributed by atoms with Gasteiger partial charge >= 0.3 is 0 Å². The summed E-state index contributed by atoms with van der Waals surface area (Å²) < 4.78 is 0. The summed E-state index contributed by atoms with van der Waals surface area (Å²) >= 11 is 0. The molecule has 2 unspecified atom stereocenters. The third-order valence-electron chi connectivity index (χ3n) is 3.40. The van der Waals surface area contributed by atoms with Crippen LogP contribution in [0.5, 0.6) is 0 Å². The monoisotopic (exact) mass is 233 g/mol. The van der Waals surface area contributed by atoms with Crippen molar-refractivity contribution in [1.82, 2.24) is 9.97 Å². The molecular formula is C13H19N3O. The number of nitrogens with one attached hydrogen (secondary N) is 1. The molecule has 1 aliphatic rings. The fourth-order valence-corrected chi connectivity index (χ4v) is 2.12. The molecule has 2 rings (SSSR count). The number of amides is 1. The first-order valence-corrected chi connectivity index (χ1v) is 6.22. The van der Waals surface area contributed by atoms with Gasteiger partial charge in [-0.25, -0.2) is 9.97 Å². The summed E-state index contributed by atoms with van der Waals surface area (Å²) in [6, 6.07) is 0. The maximum atomic E-state index is 11.9. The van der Waals surface area contributed by atoms with Crippen molar-refractivity contribution in [3.63, 3.8) is 0 Å². The van der Waals surface area contributed by atoms with Gasteiger partial charge in [-0.3, -0.25) is 4.79 Å². The number of fused-ring (bicyclic) bond motifs is 1. The Kier molecular flexibility index (Phi) is 3.13. The molecule has 4 nitrogen and oxygen atoms in total. The molecule has 4 heteroatoms. The van der Waals surface area contributed by atoms with Gasteiger partial charge in [-0.1, -0.05) is 34.1 Å². The Balaban J connectivity index is 2.42. The van der Waals surface area contributed by atoms with Gasteiger partial charge in [0.15, 0.2) is 0 Å². The van der Waals surface area contributed by atoms with E-state index in [0.29, 0.717) is 5.92 Å². The molecule has 0 bridgehead atoms. The van der Waals surface area contributed by atoms with Crippen LogP contribution in [-0.2, 0) is 4.79 Å². The summed E-state index contributed by atoms with van der Waals surface area (Å²) in [5.74, 6) is 1.35. The second-order valence-electron chi connectivity index (χ2n) is 5.03. The number of aromatic nitrogens is 2. The maximum Gasteiger partial charge on any atom is 0.233 e. The molecule has 17 heavy (non-hydrogen) atoms. The molecule has 1 N–H and O–H groups in total. The number of carbonyl (C=O) groups excluding carboxylic acids is 1. The lowest BCUT2D eigenvalue weighted by molar-refractivity contribution is -0.118. The highest BCUT2D eigenvalue weighted by Crippen LogP contribution is 2.37. The van der Waals surface area contributed by atoms with Crippen LogP contribution in [0.15, 0.2) is 6.20 Å². The molecule has 0 spiro atoms. The summed E-state index contributed by atoms with van der Waals surface area (Å²) in [6.45, 7) is 8.31. The van der Waals surface area contributed by atoms with E-state index in [1.54, 1.807) is 6.20 Å². The van der Waals surface area contributed by atoms with E-state index >= 15 is 0 Å². The maximum absolute atomic E-state index is 11.9. The number of hydrogen-bond acceptors (Lipinski definition) is 3. The summed E-state index contributed by atoms with van der Waals surface area (Å²) in [7, 11) is 0. The van der Waals surface area contributed by atoms with E-state index in [1.165, 1.54) is 0 Å². The van der Waals surface area contributed by atoms with Crippen molar-refractivity contribution in [2.45, 2.75) is 46.0 Å². The molecule has 1 aliphatic heterocycles. The first kappa shape index (κ1) is 12.0. The predicted molar refractivity (Wildman–Crippen MR) is 66.9 cm³/mol. The molecular weight excluding hydrogens is 214 g/mol. The second-order valence-corrected chi connectivity index (χ2v) is 5.03. The zero-order valence-corrected chi connectivity index (χ0v) is 10.8. The Morgan fingerprint density at radius 3 is 2.71 bits per heavy atom. The fraction of sp³-hybridized carbons (Fsp3) is 0.615. The predicted octanol–water partition coefficient (Wildman–Crippen LogP) is 2.68. The average molecular weight is 233 g/mol. The van der Waals surface area contributed by atoms with Gasteiger partial charge in [-0.05, 0) is 5.92 Å². The summed E-state index contributed by atoms with van der Waals surface area (Å²) in [5.41, 5.74) is 1.66. The number of carbonyl (C=O) groups is 1. The molecule has 0 radical (unpaired) electrons.